The van der Waals surface area contributed by atoms with Crippen molar-refractivity contribution in [2.75, 3.05) is 13.2 Å². The number of allylic oxidation sites excluding steroid dienone is 1. The van der Waals surface area contributed by atoms with Crippen molar-refractivity contribution in [2.45, 2.75) is 31.5 Å². The summed E-state index contributed by atoms with van der Waals surface area (Å²) in [5.41, 5.74) is 0. The second-order valence-corrected chi connectivity index (χ2v) is 3.47. The number of carbonyl (C=O) groups is 1. The molecule has 3 heteroatoms. The van der Waals surface area contributed by atoms with Gasteiger partial charge in [0.1, 0.15) is 6.10 Å². The highest BCUT2D eigenvalue weighted by molar-refractivity contribution is 5.88. The van der Waals surface area contributed by atoms with Gasteiger partial charge in [0, 0.05) is 19.6 Å². The number of hydrogen-bond acceptors (Lipinski definition) is 3. The highest BCUT2D eigenvalue weighted by Gasteiger charge is 2.24. The lowest BCUT2D eigenvalue weighted by atomic mass is 10.1. The molecule has 0 saturated carbocycles. The molecule has 0 aromatic heterocycles. The van der Waals surface area contributed by atoms with Crippen molar-refractivity contribution in [3.05, 3.63) is 12.2 Å². The SMILES string of the molecule is O=C1CC=CC1OC1CCOCC1. The molecule has 1 unspecified atom stereocenters. The maximum Gasteiger partial charge on any atom is 0.169 e. The lowest BCUT2D eigenvalue weighted by molar-refractivity contribution is -0.132. The van der Waals surface area contributed by atoms with Gasteiger partial charge in [-0.25, -0.2) is 0 Å². The van der Waals surface area contributed by atoms with Crippen LogP contribution in [0.5, 0.6) is 0 Å². The van der Waals surface area contributed by atoms with E-state index in [9.17, 15) is 4.79 Å². The molecule has 1 fully saturated rings. The van der Waals surface area contributed by atoms with Crippen LogP contribution in [0.25, 0.3) is 0 Å². The van der Waals surface area contributed by atoms with Gasteiger partial charge < -0.3 is 9.47 Å². The summed E-state index contributed by atoms with van der Waals surface area (Å²) in [7, 11) is 0. The van der Waals surface area contributed by atoms with Crippen LogP contribution >= 0.6 is 0 Å². The van der Waals surface area contributed by atoms with Crippen LogP contribution in [0, 0.1) is 0 Å². The Morgan fingerprint density at radius 3 is 2.77 bits per heavy atom. The molecule has 0 radical (unpaired) electrons. The Bertz CT molecular complexity index is 216. The quantitative estimate of drug-likeness (QED) is 0.599. The molecule has 0 aromatic carbocycles. The van der Waals surface area contributed by atoms with E-state index >= 15 is 0 Å². The van der Waals surface area contributed by atoms with Crippen LogP contribution in [0.3, 0.4) is 0 Å². The fourth-order valence-corrected chi connectivity index (χ4v) is 1.67. The maximum absolute atomic E-state index is 11.2. The van der Waals surface area contributed by atoms with E-state index in [-0.39, 0.29) is 18.0 Å². The fourth-order valence-electron chi connectivity index (χ4n) is 1.67. The van der Waals surface area contributed by atoms with Crippen molar-refractivity contribution in [3.63, 3.8) is 0 Å². The van der Waals surface area contributed by atoms with Gasteiger partial charge in [0.25, 0.3) is 0 Å². The largest absolute Gasteiger partial charge is 0.381 e. The topological polar surface area (TPSA) is 35.5 Å². The summed E-state index contributed by atoms with van der Waals surface area (Å²) in [6.45, 7) is 1.52. The highest BCUT2D eigenvalue weighted by Crippen LogP contribution is 2.17. The number of hydrogen-bond donors (Lipinski definition) is 0. The predicted octanol–water partition coefficient (Wildman–Crippen LogP) is 1.08. The number of ketones is 1. The molecule has 1 atom stereocenters. The average molecular weight is 182 g/mol. The van der Waals surface area contributed by atoms with Gasteiger partial charge in [-0.2, -0.15) is 0 Å². The van der Waals surface area contributed by atoms with E-state index in [0.29, 0.717) is 6.42 Å². The Morgan fingerprint density at radius 2 is 2.15 bits per heavy atom. The fraction of sp³-hybridized carbons (Fsp3) is 0.700. The molecule has 1 saturated heterocycles. The molecule has 0 spiro atoms. The minimum Gasteiger partial charge on any atom is -0.381 e. The monoisotopic (exact) mass is 182 g/mol. The first-order chi connectivity index (χ1) is 6.36. The van der Waals surface area contributed by atoms with E-state index in [1.165, 1.54) is 0 Å². The number of carbonyl (C=O) groups excluding carboxylic acids is 1. The molecular formula is C10H14O3. The third kappa shape index (κ3) is 2.17. The predicted molar refractivity (Wildman–Crippen MR) is 47.5 cm³/mol. The van der Waals surface area contributed by atoms with Crippen LogP contribution < -0.4 is 0 Å². The van der Waals surface area contributed by atoms with Gasteiger partial charge in [-0.1, -0.05) is 12.2 Å². The van der Waals surface area contributed by atoms with Crippen LogP contribution in [0.2, 0.25) is 0 Å². The van der Waals surface area contributed by atoms with Crippen molar-refractivity contribution in [2.24, 2.45) is 0 Å². The van der Waals surface area contributed by atoms with Crippen molar-refractivity contribution in [1.29, 1.82) is 0 Å². The van der Waals surface area contributed by atoms with Crippen molar-refractivity contribution >= 4 is 5.78 Å². The molecule has 2 aliphatic rings. The van der Waals surface area contributed by atoms with E-state index in [1.54, 1.807) is 0 Å². The summed E-state index contributed by atoms with van der Waals surface area (Å²) in [6.07, 6.45) is 6.04. The Balaban J connectivity index is 1.82. The normalized spacial score (nSPS) is 29.8. The second-order valence-electron chi connectivity index (χ2n) is 3.47. The molecule has 0 aromatic rings. The lowest BCUT2D eigenvalue weighted by Gasteiger charge is -2.24. The Kier molecular flexibility index (Phi) is 2.76. The van der Waals surface area contributed by atoms with E-state index in [2.05, 4.69) is 0 Å². The molecule has 1 aliphatic heterocycles. The zero-order valence-corrected chi connectivity index (χ0v) is 7.57. The third-order valence-corrected chi connectivity index (χ3v) is 2.45. The Labute approximate surface area is 77.7 Å². The van der Waals surface area contributed by atoms with Gasteiger partial charge in [0.2, 0.25) is 0 Å². The van der Waals surface area contributed by atoms with Gasteiger partial charge in [-0.05, 0) is 12.8 Å². The highest BCUT2D eigenvalue weighted by atomic mass is 16.5. The molecule has 1 heterocycles. The molecule has 72 valence electrons. The van der Waals surface area contributed by atoms with E-state index in [4.69, 9.17) is 9.47 Å². The van der Waals surface area contributed by atoms with Gasteiger partial charge in [0.15, 0.2) is 5.78 Å². The average Bonchev–Trinajstić information content (AvgIpc) is 2.54. The third-order valence-electron chi connectivity index (χ3n) is 2.45. The van der Waals surface area contributed by atoms with Crippen LogP contribution in [0.15, 0.2) is 12.2 Å². The summed E-state index contributed by atoms with van der Waals surface area (Å²) in [5.74, 6) is 0.187. The van der Waals surface area contributed by atoms with E-state index < -0.39 is 0 Å². The smallest absolute Gasteiger partial charge is 0.169 e. The second kappa shape index (κ2) is 4.03. The summed E-state index contributed by atoms with van der Waals surface area (Å²) in [4.78, 5) is 11.2. The van der Waals surface area contributed by atoms with Crippen LogP contribution in [-0.4, -0.2) is 31.2 Å². The van der Waals surface area contributed by atoms with Gasteiger partial charge in [0.05, 0.1) is 6.10 Å². The molecule has 2 rings (SSSR count). The van der Waals surface area contributed by atoms with Gasteiger partial charge in [-0.15, -0.1) is 0 Å². The summed E-state index contributed by atoms with van der Waals surface area (Å²) >= 11 is 0. The Morgan fingerprint density at radius 1 is 1.38 bits per heavy atom. The molecule has 0 amide bonds. The van der Waals surface area contributed by atoms with E-state index in [1.807, 2.05) is 12.2 Å². The Hall–Kier alpha value is -0.670. The zero-order chi connectivity index (χ0) is 9.10. The number of rotatable bonds is 2. The number of ether oxygens (including phenoxy) is 2. The molecule has 0 N–H and O–H groups in total. The zero-order valence-electron chi connectivity index (χ0n) is 7.57. The first-order valence-electron chi connectivity index (χ1n) is 4.79. The van der Waals surface area contributed by atoms with E-state index in [0.717, 1.165) is 26.1 Å². The molecule has 3 nitrogen and oxygen atoms in total. The molecule has 0 bridgehead atoms. The van der Waals surface area contributed by atoms with Crippen LogP contribution in [0.4, 0.5) is 0 Å². The van der Waals surface area contributed by atoms with Crippen molar-refractivity contribution in [3.8, 4) is 0 Å². The number of Topliss-reactive ketones (excluding diaryl/α,β-unsaturated/α-hetero) is 1. The summed E-state index contributed by atoms with van der Waals surface area (Å²) < 4.78 is 10.9. The summed E-state index contributed by atoms with van der Waals surface area (Å²) in [5, 5.41) is 0. The van der Waals surface area contributed by atoms with Gasteiger partial charge >= 0.3 is 0 Å². The molecule has 1 aliphatic carbocycles. The first kappa shape index (κ1) is 8.91. The minimum atomic E-state index is -0.275. The van der Waals surface area contributed by atoms with Gasteiger partial charge in [-0.3, -0.25) is 4.79 Å². The van der Waals surface area contributed by atoms with Crippen molar-refractivity contribution < 1.29 is 14.3 Å². The summed E-state index contributed by atoms with van der Waals surface area (Å²) in [6, 6.07) is 0. The van der Waals surface area contributed by atoms with Crippen LogP contribution in [-0.2, 0) is 14.3 Å². The lowest BCUT2D eigenvalue weighted by Crippen LogP contribution is -2.30. The first-order valence-corrected chi connectivity index (χ1v) is 4.79. The standard InChI is InChI=1S/C10H14O3/c11-9-2-1-3-10(9)13-8-4-6-12-7-5-8/h1,3,8,10H,2,4-7H2. The molecular weight excluding hydrogens is 168 g/mol. The molecule has 13 heavy (non-hydrogen) atoms. The van der Waals surface area contributed by atoms with Crippen LogP contribution in [0.1, 0.15) is 19.3 Å². The van der Waals surface area contributed by atoms with Crippen molar-refractivity contribution in [1.82, 2.24) is 0 Å². The maximum atomic E-state index is 11.2. The minimum absolute atomic E-state index is 0.187.